The molecule has 6 nitrogen and oxygen atoms in total. The van der Waals surface area contributed by atoms with E-state index in [2.05, 4.69) is 30.6 Å². The van der Waals surface area contributed by atoms with E-state index in [1.54, 1.807) is 18.2 Å². The summed E-state index contributed by atoms with van der Waals surface area (Å²) in [5, 5.41) is 0. The van der Waals surface area contributed by atoms with Crippen molar-refractivity contribution in [1.82, 2.24) is 9.97 Å². The Balaban J connectivity index is 2.43. The van der Waals surface area contributed by atoms with E-state index < -0.39 is 10.0 Å². The summed E-state index contributed by atoms with van der Waals surface area (Å²) in [4.78, 5) is 16.1. The SMILES string of the molecule is O=c1[nH]c2ccc(NS(=O)(=O)CBr)cc2[nH]1. The standard InChI is InChI=1S/C8H8BrN3O3S/c9-4-16(14,15)12-5-1-2-6-7(3-5)11-8(13)10-6/h1-3,12H,4H2,(H2,10,11,13). The molecule has 16 heavy (non-hydrogen) atoms. The summed E-state index contributed by atoms with van der Waals surface area (Å²) >= 11 is 2.87. The van der Waals surface area contributed by atoms with Gasteiger partial charge in [-0.25, -0.2) is 13.2 Å². The second-order valence-corrected chi connectivity index (χ2v) is 6.19. The molecule has 0 saturated heterocycles. The minimum absolute atomic E-state index is 0.179. The van der Waals surface area contributed by atoms with E-state index in [0.29, 0.717) is 16.7 Å². The van der Waals surface area contributed by atoms with Crippen LogP contribution in [-0.4, -0.2) is 23.0 Å². The molecule has 0 unspecified atom stereocenters. The number of H-pyrrole nitrogens is 2. The molecular formula is C8H8BrN3O3S. The van der Waals surface area contributed by atoms with Crippen molar-refractivity contribution in [2.24, 2.45) is 0 Å². The van der Waals surface area contributed by atoms with Gasteiger partial charge in [0.05, 0.1) is 16.7 Å². The molecule has 0 atom stereocenters. The van der Waals surface area contributed by atoms with E-state index in [9.17, 15) is 13.2 Å². The van der Waals surface area contributed by atoms with Crippen LogP contribution in [0.15, 0.2) is 23.0 Å². The number of anilines is 1. The van der Waals surface area contributed by atoms with Gasteiger partial charge in [-0.3, -0.25) is 4.72 Å². The third-order valence-electron chi connectivity index (χ3n) is 1.93. The molecular weight excluding hydrogens is 298 g/mol. The highest BCUT2D eigenvalue weighted by atomic mass is 79.9. The zero-order chi connectivity index (χ0) is 11.8. The number of hydrogen-bond donors (Lipinski definition) is 3. The van der Waals surface area contributed by atoms with Crippen LogP contribution >= 0.6 is 15.9 Å². The molecule has 86 valence electrons. The topological polar surface area (TPSA) is 94.8 Å². The molecule has 1 aromatic heterocycles. The lowest BCUT2D eigenvalue weighted by atomic mass is 10.3. The predicted molar refractivity (Wildman–Crippen MR) is 65.3 cm³/mol. The normalized spacial score (nSPS) is 11.8. The Labute approximate surface area is 99.2 Å². The Bertz CT molecular complexity index is 673. The number of aromatic nitrogens is 2. The molecule has 0 aliphatic heterocycles. The molecule has 1 heterocycles. The van der Waals surface area contributed by atoms with E-state index in [4.69, 9.17) is 0 Å². The zero-order valence-electron chi connectivity index (χ0n) is 7.95. The van der Waals surface area contributed by atoms with Crippen LogP contribution < -0.4 is 10.4 Å². The molecule has 0 spiro atoms. The average molecular weight is 306 g/mol. The van der Waals surface area contributed by atoms with Crippen LogP contribution in [0.2, 0.25) is 0 Å². The van der Waals surface area contributed by atoms with Gasteiger partial charge in [-0.15, -0.1) is 0 Å². The van der Waals surface area contributed by atoms with Gasteiger partial charge in [0.15, 0.2) is 0 Å². The number of nitrogens with one attached hydrogen (secondary N) is 3. The minimum atomic E-state index is -3.37. The first-order chi connectivity index (χ1) is 7.50. The van der Waals surface area contributed by atoms with E-state index in [1.165, 1.54) is 0 Å². The van der Waals surface area contributed by atoms with Crippen LogP contribution in [0.4, 0.5) is 5.69 Å². The largest absolute Gasteiger partial charge is 0.323 e. The van der Waals surface area contributed by atoms with E-state index >= 15 is 0 Å². The number of alkyl halides is 1. The fourth-order valence-corrected chi connectivity index (χ4v) is 2.19. The second kappa shape index (κ2) is 3.95. The van der Waals surface area contributed by atoms with Crippen LogP contribution in [0.1, 0.15) is 0 Å². The summed E-state index contributed by atoms with van der Waals surface area (Å²) in [5.41, 5.74) is 1.27. The van der Waals surface area contributed by atoms with Crippen molar-refractivity contribution in [3.8, 4) is 0 Å². The maximum Gasteiger partial charge on any atom is 0.323 e. The first kappa shape index (κ1) is 11.2. The summed E-state index contributed by atoms with van der Waals surface area (Å²) in [5.74, 6) is 0. The average Bonchev–Trinajstić information content (AvgIpc) is 2.57. The van der Waals surface area contributed by atoms with Crippen LogP contribution in [0.5, 0.6) is 0 Å². The minimum Gasteiger partial charge on any atom is -0.306 e. The summed E-state index contributed by atoms with van der Waals surface area (Å²) in [6.45, 7) is 0. The maximum atomic E-state index is 11.3. The fourth-order valence-electron chi connectivity index (χ4n) is 1.30. The number of hydrogen-bond acceptors (Lipinski definition) is 3. The lowest BCUT2D eigenvalue weighted by molar-refractivity contribution is 0.606. The molecule has 2 rings (SSSR count). The van der Waals surface area contributed by atoms with Crippen LogP contribution in [0.25, 0.3) is 11.0 Å². The molecule has 8 heteroatoms. The van der Waals surface area contributed by atoms with Gasteiger partial charge in [0, 0.05) is 0 Å². The first-order valence-electron chi connectivity index (χ1n) is 4.29. The third-order valence-corrected chi connectivity index (χ3v) is 4.58. The van der Waals surface area contributed by atoms with Gasteiger partial charge in [0.1, 0.15) is 4.66 Å². The molecule has 2 aromatic rings. The molecule has 0 saturated carbocycles. The number of fused-ring (bicyclic) bond motifs is 1. The Morgan fingerprint density at radius 1 is 1.25 bits per heavy atom. The van der Waals surface area contributed by atoms with E-state index in [0.717, 1.165) is 0 Å². The van der Waals surface area contributed by atoms with Crippen LogP contribution in [-0.2, 0) is 10.0 Å². The van der Waals surface area contributed by atoms with Gasteiger partial charge < -0.3 is 9.97 Å². The van der Waals surface area contributed by atoms with E-state index in [-0.39, 0.29) is 10.4 Å². The van der Waals surface area contributed by atoms with Crippen molar-refractivity contribution >= 4 is 42.7 Å². The third kappa shape index (κ3) is 2.27. The van der Waals surface area contributed by atoms with Gasteiger partial charge in [-0.1, -0.05) is 15.9 Å². The molecule has 0 radical (unpaired) electrons. The fraction of sp³-hybridized carbons (Fsp3) is 0.125. The molecule has 0 aliphatic rings. The van der Waals surface area contributed by atoms with Gasteiger partial charge in [0.2, 0.25) is 10.0 Å². The van der Waals surface area contributed by atoms with Gasteiger partial charge in [0.25, 0.3) is 0 Å². The van der Waals surface area contributed by atoms with Crippen molar-refractivity contribution in [3.63, 3.8) is 0 Å². The van der Waals surface area contributed by atoms with Crippen molar-refractivity contribution in [3.05, 3.63) is 28.7 Å². The van der Waals surface area contributed by atoms with Crippen molar-refractivity contribution in [2.75, 3.05) is 9.38 Å². The lowest BCUT2D eigenvalue weighted by Crippen LogP contribution is -2.12. The predicted octanol–water partition coefficient (Wildman–Crippen LogP) is 0.950. The molecule has 3 N–H and O–H groups in total. The Morgan fingerprint density at radius 2 is 1.94 bits per heavy atom. The molecule has 0 bridgehead atoms. The first-order valence-corrected chi connectivity index (χ1v) is 7.06. The number of rotatable bonds is 3. The molecule has 0 fully saturated rings. The Morgan fingerprint density at radius 3 is 2.62 bits per heavy atom. The van der Waals surface area contributed by atoms with Gasteiger partial charge in [-0.05, 0) is 18.2 Å². The number of imidazole rings is 1. The highest BCUT2D eigenvalue weighted by molar-refractivity contribution is 9.10. The number of benzene rings is 1. The van der Waals surface area contributed by atoms with Gasteiger partial charge in [-0.2, -0.15) is 0 Å². The monoisotopic (exact) mass is 305 g/mol. The van der Waals surface area contributed by atoms with E-state index in [1.807, 2.05) is 0 Å². The smallest absolute Gasteiger partial charge is 0.306 e. The summed E-state index contributed by atoms with van der Waals surface area (Å²) in [6.07, 6.45) is 0. The zero-order valence-corrected chi connectivity index (χ0v) is 10.4. The quantitative estimate of drug-likeness (QED) is 0.737. The Hall–Kier alpha value is -1.28. The maximum absolute atomic E-state index is 11.3. The molecule has 1 aromatic carbocycles. The van der Waals surface area contributed by atoms with Crippen molar-refractivity contribution in [1.29, 1.82) is 0 Å². The number of sulfonamides is 1. The lowest BCUT2D eigenvalue weighted by Gasteiger charge is -2.04. The van der Waals surface area contributed by atoms with Crippen molar-refractivity contribution < 1.29 is 8.42 Å². The summed E-state index contributed by atoms with van der Waals surface area (Å²) < 4.78 is 24.7. The highest BCUT2D eigenvalue weighted by Gasteiger charge is 2.08. The summed E-state index contributed by atoms with van der Waals surface area (Å²) in [6, 6.07) is 4.75. The number of halogens is 1. The second-order valence-electron chi connectivity index (χ2n) is 3.17. The van der Waals surface area contributed by atoms with Crippen LogP contribution in [0.3, 0.4) is 0 Å². The van der Waals surface area contributed by atoms with Crippen LogP contribution in [0, 0.1) is 0 Å². The van der Waals surface area contributed by atoms with Crippen molar-refractivity contribution in [2.45, 2.75) is 0 Å². The van der Waals surface area contributed by atoms with Gasteiger partial charge >= 0.3 is 5.69 Å². The Kier molecular flexibility index (Phi) is 2.76. The number of aromatic amines is 2. The molecule has 0 amide bonds. The highest BCUT2D eigenvalue weighted by Crippen LogP contribution is 2.16. The molecule has 0 aliphatic carbocycles. The summed E-state index contributed by atoms with van der Waals surface area (Å²) in [7, 11) is -3.37.